The molecule has 1 amide bonds. The molecule has 0 aliphatic heterocycles. The Morgan fingerprint density at radius 2 is 1.82 bits per heavy atom. The van der Waals surface area contributed by atoms with Gasteiger partial charge < -0.3 is 10.1 Å². The number of amides is 1. The van der Waals surface area contributed by atoms with Gasteiger partial charge in [0, 0.05) is 23.9 Å². The molecular formula is C16H19N3O3. The summed E-state index contributed by atoms with van der Waals surface area (Å²) >= 11 is 0. The van der Waals surface area contributed by atoms with Gasteiger partial charge in [-0.3, -0.25) is 9.48 Å². The molecule has 0 aliphatic carbocycles. The first-order valence-electron chi connectivity index (χ1n) is 6.91. The van der Waals surface area contributed by atoms with E-state index >= 15 is 0 Å². The van der Waals surface area contributed by atoms with Gasteiger partial charge in [0.2, 0.25) is 0 Å². The van der Waals surface area contributed by atoms with E-state index in [1.807, 2.05) is 20.9 Å². The first kappa shape index (κ1) is 15.8. The molecule has 0 unspecified atom stereocenters. The number of benzene rings is 1. The Morgan fingerprint density at radius 3 is 2.32 bits per heavy atom. The molecule has 1 aromatic heterocycles. The lowest BCUT2D eigenvalue weighted by Crippen LogP contribution is -2.27. The Kier molecular flexibility index (Phi) is 4.60. The molecule has 0 saturated heterocycles. The van der Waals surface area contributed by atoms with Gasteiger partial charge in [0.05, 0.1) is 24.9 Å². The third kappa shape index (κ3) is 3.16. The zero-order valence-electron chi connectivity index (χ0n) is 13.1. The van der Waals surface area contributed by atoms with E-state index in [1.54, 1.807) is 35.1 Å². The number of methoxy groups -OCH3 is 1. The number of hydrogen-bond acceptors (Lipinski definition) is 4. The quantitative estimate of drug-likeness (QED) is 0.877. The van der Waals surface area contributed by atoms with Crippen LogP contribution in [0.4, 0.5) is 0 Å². The van der Waals surface area contributed by atoms with Gasteiger partial charge in [-0.25, -0.2) is 4.79 Å². The van der Waals surface area contributed by atoms with Crippen LogP contribution in [0.5, 0.6) is 0 Å². The van der Waals surface area contributed by atoms with Crippen LogP contribution in [0.2, 0.25) is 0 Å². The summed E-state index contributed by atoms with van der Waals surface area (Å²) in [6, 6.07) is 6.19. The van der Waals surface area contributed by atoms with E-state index < -0.39 is 5.97 Å². The van der Waals surface area contributed by atoms with E-state index in [0.29, 0.717) is 11.1 Å². The molecule has 0 aliphatic rings. The standard InChI is InChI=1S/C16H19N3O3/c1-10(14-9-17-19(3)11(14)2)18-15(20)12-5-7-13(8-6-12)16(21)22-4/h5-10H,1-4H3,(H,18,20)/t10-/m1/s1. The average Bonchev–Trinajstić information content (AvgIpc) is 2.86. The minimum Gasteiger partial charge on any atom is -0.465 e. The maximum atomic E-state index is 12.2. The monoisotopic (exact) mass is 301 g/mol. The molecule has 1 N–H and O–H groups in total. The van der Waals surface area contributed by atoms with Crippen molar-refractivity contribution in [3.63, 3.8) is 0 Å². The third-order valence-corrected chi connectivity index (χ3v) is 3.66. The summed E-state index contributed by atoms with van der Waals surface area (Å²) in [5.41, 5.74) is 2.88. The molecule has 0 bridgehead atoms. The van der Waals surface area contributed by atoms with Crippen LogP contribution in [0, 0.1) is 6.92 Å². The number of hydrogen-bond donors (Lipinski definition) is 1. The van der Waals surface area contributed by atoms with Crippen molar-refractivity contribution in [2.24, 2.45) is 7.05 Å². The van der Waals surface area contributed by atoms with Gasteiger partial charge in [0.25, 0.3) is 5.91 Å². The molecule has 0 saturated carbocycles. The second kappa shape index (κ2) is 6.43. The minimum absolute atomic E-state index is 0.151. The van der Waals surface area contributed by atoms with Gasteiger partial charge in [-0.15, -0.1) is 0 Å². The highest BCUT2D eigenvalue weighted by Gasteiger charge is 2.16. The SMILES string of the molecule is COC(=O)c1ccc(C(=O)N[C@H](C)c2cnn(C)c2C)cc1. The molecule has 0 fully saturated rings. The van der Waals surface area contributed by atoms with Crippen molar-refractivity contribution >= 4 is 11.9 Å². The number of esters is 1. The normalized spacial score (nSPS) is 11.8. The van der Waals surface area contributed by atoms with Crippen molar-refractivity contribution in [3.05, 3.63) is 52.8 Å². The minimum atomic E-state index is -0.425. The van der Waals surface area contributed by atoms with Gasteiger partial charge in [-0.1, -0.05) is 0 Å². The molecule has 0 radical (unpaired) electrons. The van der Waals surface area contributed by atoms with Crippen LogP contribution in [-0.4, -0.2) is 28.8 Å². The van der Waals surface area contributed by atoms with E-state index in [0.717, 1.165) is 11.3 Å². The maximum absolute atomic E-state index is 12.2. The number of aryl methyl sites for hydroxylation is 1. The highest BCUT2D eigenvalue weighted by Crippen LogP contribution is 2.16. The average molecular weight is 301 g/mol. The number of aromatic nitrogens is 2. The number of nitrogens with one attached hydrogen (secondary N) is 1. The maximum Gasteiger partial charge on any atom is 0.337 e. The fourth-order valence-corrected chi connectivity index (χ4v) is 2.17. The molecular weight excluding hydrogens is 282 g/mol. The van der Waals surface area contributed by atoms with Crippen LogP contribution in [0.25, 0.3) is 0 Å². The number of carbonyl (C=O) groups excluding carboxylic acids is 2. The summed E-state index contributed by atoms with van der Waals surface area (Å²) in [6.07, 6.45) is 1.75. The Labute approximate surface area is 129 Å². The van der Waals surface area contributed by atoms with Gasteiger partial charge in [-0.05, 0) is 38.1 Å². The van der Waals surface area contributed by atoms with Crippen LogP contribution in [0.15, 0.2) is 30.5 Å². The predicted molar refractivity (Wildman–Crippen MR) is 81.6 cm³/mol. The smallest absolute Gasteiger partial charge is 0.337 e. The number of ether oxygens (including phenoxy) is 1. The van der Waals surface area contributed by atoms with Crippen molar-refractivity contribution in [1.82, 2.24) is 15.1 Å². The van der Waals surface area contributed by atoms with E-state index in [2.05, 4.69) is 15.2 Å². The lowest BCUT2D eigenvalue weighted by atomic mass is 10.1. The van der Waals surface area contributed by atoms with Crippen molar-refractivity contribution in [1.29, 1.82) is 0 Å². The van der Waals surface area contributed by atoms with Crippen molar-refractivity contribution in [3.8, 4) is 0 Å². The van der Waals surface area contributed by atoms with E-state index in [4.69, 9.17) is 0 Å². The molecule has 1 heterocycles. The van der Waals surface area contributed by atoms with E-state index in [1.165, 1.54) is 7.11 Å². The number of carbonyl (C=O) groups is 2. The van der Waals surface area contributed by atoms with E-state index in [9.17, 15) is 9.59 Å². The summed E-state index contributed by atoms with van der Waals surface area (Å²) in [5.74, 6) is -0.626. The van der Waals surface area contributed by atoms with Gasteiger partial charge >= 0.3 is 5.97 Å². The summed E-state index contributed by atoms with van der Waals surface area (Å²) < 4.78 is 6.39. The predicted octanol–water partition coefficient (Wildman–Crippen LogP) is 2.01. The summed E-state index contributed by atoms with van der Waals surface area (Å²) in [6.45, 7) is 3.86. The molecule has 116 valence electrons. The van der Waals surface area contributed by atoms with Gasteiger partial charge in [0.1, 0.15) is 0 Å². The first-order chi connectivity index (χ1) is 10.4. The second-order valence-electron chi connectivity index (χ2n) is 5.07. The lowest BCUT2D eigenvalue weighted by molar-refractivity contribution is 0.0600. The largest absolute Gasteiger partial charge is 0.465 e. The number of rotatable bonds is 4. The van der Waals surface area contributed by atoms with Crippen LogP contribution >= 0.6 is 0 Å². The van der Waals surface area contributed by atoms with Crippen LogP contribution in [0.1, 0.15) is 44.9 Å². The van der Waals surface area contributed by atoms with Crippen molar-refractivity contribution in [2.75, 3.05) is 7.11 Å². The van der Waals surface area contributed by atoms with Crippen molar-refractivity contribution in [2.45, 2.75) is 19.9 Å². The van der Waals surface area contributed by atoms with Gasteiger partial charge in [-0.2, -0.15) is 5.10 Å². The molecule has 22 heavy (non-hydrogen) atoms. The molecule has 1 atom stereocenters. The Hall–Kier alpha value is -2.63. The fourth-order valence-electron chi connectivity index (χ4n) is 2.17. The highest BCUT2D eigenvalue weighted by molar-refractivity contribution is 5.96. The van der Waals surface area contributed by atoms with Crippen LogP contribution < -0.4 is 5.32 Å². The molecule has 2 rings (SSSR count). The zero-order chi connectivity index (χ0) is 16.3. The molecule has 6 nitrogen and oxygen atoms in total. The molecule has 6 heteroatoms. The second-order valence-corrected chi connectivity index (χ2v) is 5.07. The topological polar surface area (TPSA) is 73.2 Å². The summed E-state index contributed by atoms with van der Waals surface area (Å²) in [5, 5.41) is 7.09. The molecule has 1 aromatic carbocycles. The summed E-state index contributed by atoms with van der Waals surface area (Å²) in [7, 11) is 3.18. The highest BCUT2D eigenvalue weighted by atomic mass is 16.5. The first-order valence-corrected chi connectivity index (χ1v) is 6.91. The third-order valence-electron chi connectivity index (χ3n) is 3.66. The Balaban J connectivity index is 2.09. The zero-order valence-corrected chi connectivity index (χ0v) is 13.1. The fraction of sp³-hybridized carbons (Fsp3) is 0.312. The molecule has 0 spiro atoms. The summed E-state index contributed by atoms with van der Waals surface area (Å²) in [4.78, 5) is 23.6. The lowest BCUT2D eigenvalue weighted by Gasteiger charge is -2.14. The Morgan fingerprint density at radius 1 is 1.23 bits per heavy atom. The van der Waals surface area contributed by atoms with Crippen LogP contribution in [-0.2, 0) is 11.8 Å². The molecule has 2 aromatic rings. The number of nitrogens with zero attached hydrogens (tertiary/aromatic N) is 2. The van der Waals surface area contributed by atoms with Crippen molar-refractivity contribution < 1.29 is 14.3 Å². The van der Waals surface area contributed by atoms with Gasteiger partial charge in [0.15, 0.2) is 0 Å². The van der Waals surface area contributed by atoms with E-state index in [-0.39, 0.29) is 11.9 Å². The Bertz CT molecular complexity index is 689. The van der Waals surface area contributed by atoms with Crippen LogP contribution in [0.3, 0.4) is 0 Å².